The van der Waals surface area contributed by atoms with Crippen LogP contribution in [0.3, 0.4) is 0 Å². The number of phenols is 1. The van der Waals surface area contributed by atoms with Gasteiger partial charge >= 0.3 is 6.09 Å². The fourth-order valence-electron chi connectivity index (χ4n) is 3.66. The number of fused-ring (bicyclic) bond motifs is 1. The second-order valence-electron chi connectivity index (χ2n) is 7.05. The van der Waals surface area contributed by atoms with Gasteiger partial charge in [-0.25, -0.2) is 9.69 Å². The summed E-state index contributed by atoms with van der Waals surface area (Å²) < 4.78 is 5.71. The van der Waals surface area contributed by atoms with Crippen molar-refractivity contribution in [1.82, 2.24) is 0 Å². The molecule has 0 heterocycles. The smallest absolute Gasteiger partial charge is 0.419 e. The van der Waals surface area contributed by atoms with Crippen LogP contribution in [0.15, 0.2) is 90.5 Å². The Morgan fingerprint density at radius 2 is 1.55 bits per heavy atom. The van der Waals surface area contributed by atoms with Crippen molar-refractivity contribution in [3.63, 3.8) is 0 Å². The minimum Gasteiger partial charge on any atom is -0.508 e. The van der Waals surface area contributed by atoms with Gasteiger partial charge in [-0.05, 0) is 66.3 Å². The monoisotopic (exact) mass is 385 g/mol. The number of nitrogens with zero attached hydrogens (tertiary/aromatic N) is 1. The second-order valence-corrected chi connectivity index (χ2v) is 7.05. The highest BCUT2D eigenvalue weighted by molar-refractivity contribution is 5.95. The fraction of sp³-hybridized carbons (Fsp3) is 0.160. The number of amides is 1. The van der Waals surface area contributed by atoms with Crippen molar-refractivity contribution in [3.8, 4) is 5.75 Å². The molecule has 0 aliphatic heterocycles. The summed E-state index contributed by atoms with van der Waals surface area (Å²) in [5.41, 5.74) is 4.64. The average Bonchev–Trinajstić information content (AvgIpc) is 2.97. The van der Waals surface area contributed by atoms with Crippen molar-refractivity contribution < 1.29 is 14.6 Å². The first kappa shape index (κ1) is 18.8. The largest absolute Gasteiger partial charge is 0.508 e. The summed E-state index contributed by atoms with van der Waals surface area (Å²) in [6.07, 6.45) is 3.98. The molecule has 0 radical (unpaired) electrons. The van der Waals surface area contributed by atoms with Crippen molar-refractivity contribution in [1.29, 1.82) is 0 Å². The molecule has 0 bridgehead atoms. The van der Waals surface area contributed by atoms with Gasteiger partial charge in [-0.2, -0.15) is 0 Å². The molecule has 0 unspecified atom stereocenters. The topological polar surface area (TPSA) is 49.8 Å². The van der Waals surface area contributed by atoms with Gasteiger partial charge in [0.2, 0.25) is 0 Å². The van der Waals surface area contributed by atoms with Crippen LogP contribution >= 0.6 is 0 Å². The number of allylic oxidation sites excluding steroid dienone is 1. The van der Waals surface area contributed by atoms with E-state index in [1.165, 1.54) is 0 Å². The number of hydrogen-bond acceptors (Lipinski definition) is 3. The van der Waals surface area contributed by atoms with E-state index in [4.69, 9.17) is 4.74 Å². The number of hydrogen-bond donors (Lipinski definition) is 1. The molecule has 0 saturated heterocycles. The molecule has 0 atom stereocenters. The van der Waals surface area contributed by atoms with E-state index in [2.05, 4.69) is 6.08 Å². The van der Waals surface area contributed by atoms with Crippen LogP contribution in [0.25, 0.3) is 0 Å². The lowest BCUT2D eigenvalue weighted by molar-refractivity contribution is 0.165. The van der Waals surface area contributed by atoms with Gasteiger partial charge in [-0.1, -0.05) is 54.6 Å². The fourth-order valence-corrected chi connectivity index (χ4v) is 3.66. The van der Waals surface area contributed by atoms with Crippen molar-refractivity contribution >= 4 is 17.5 Å². The van der Waals surface area contributed by atoms with Crippen molar-refractivity contribution in [2.75, 3.05) is 11.5 Å². The molecule has 3 aromatic carbocycles. The number of benzene rings is 3. The number of ether oxygens (including phenoxy) is 1. The summed E-state index contributed by atoms with van der Waals surface area (Å²) in [6.45, 7) is 0.226. The Kier molecular flexibility index (Phi) is 5.61. The Balaban J connectivity index is 1.51. The number of rotatable bonds is 4. The molecule has 0 aromatic heterocycles. The lowest BCUT2D eigenvalue weighted by Crippen LogP contribution is -2.27. The molecule has 4 nitrogen and oxygen atoms in total. The third kappa shape index (κ3) is 4.32. The highest BCUT2D eigenvalue weighted by Gasteiger charge is 2.20. The maximum Gasteiger partial charge on any atom is 0.419 e. The Morgan fingerprint density at radius 1 is 0.897 bits per heavy atom. The maximum atomic E-state index is 13.0. The predicted octanol–water partition coefficient (Wildman–Crippen LogP) is 5.78. The lowest BCUT2D eigenvalue weighted by Gasteiger charge is -2.22. The number of carbonyl (C=O) groups is 1. The lowest BCUT2D eigenvalue weighted by atomic mass is 10.0. The van der Waals surface area contributed by atoms with Gasteiger partial charge < -0.3 is 9.84 Å². The van der Waals surface area contributed by atoms with E-state index >= 15 is 0 Å². The van der Waals surface area contributed by atoms with Crippen LogP contribution in [0.4, 0.5) is 16.2 Å². The summed E-state index contributed by atoms with van der Waals surface area (Å²) in [7, 11) is 0. The van der Waals surface area contributed by atoms with E-state index in [-0.39, 0.29) is 6.61 Å². The number of aromatic hydroxyl groups is 1. The Hall–Kier alpha value is -3.53. The first-order valence-electron chi connectivity index (χ1n) is 9.77. The first-order chi connectivity index (χ1) is 14.2. The molecule has 1 aliphatic rings. The molecular weight excluding hydrogens is 362 g/mol. The Labute approximate surface area is 170 Å². The zero-order chi connectivity index (χ0) is 20.1. The van der Waals surface area contributed by atoms with Crippen LogP contribution in [-0.4, -0.2) is 17.8 Å². The van der Waals surface area contributed by atoms with Gasteiger partial charge in [0.15, 0.2) is 0 Å². The van der Waals surface area contributed by atoms with Crippen molar-refractivity contribution in [3.05, 3.63) is 102 Å². The molecule has 29 heavy (non-hydrogen) atoms. The van der Waals surface area contributed by atoms with Crippen LogP contribution in [0.5, 0.6) is 5.75 Å². The third-order valence-electron chi connectivity index (χ3n) is 5.09. The van der Waals surface area contributed by atoms with Gasteiger partial charge in [0, 0.05) is 0 Å². The Bertz CT molecular complexity index is 973. The van der Waals surface area contributed by atoms with Crippen molar-refractivity contribution in [2.45, 2.75) is 19.3 Å². The van der Waals surface area contributed by atoms with Gasteiger partial charge in [0.25, 0.3) is 0 Å². The van der Waals surface area contributed by atoms with E-state index in [9.17, 15) is 9.90 Å². The van der Waals surface area contributed by atoms with Gasteiger partial charge in [0.05, 0.1) is 11.4 Å². The molecule has 0 fully saturated rings. The van der Waals surface area contributed by atoms with Gasteiger partial charge in [-0.15, -0.1) is 0 Å². The minimum absolute atomic E-state index is 0.226. The number of phenolic OH excluding ortho intramolecular Hbond substituents is 1. The molecule has 1 amide bonds. The standard InChI is InChI=1S/C25H23NO3/c27-24-16-8-10-20-17-19(9-7-15-23(20)24)18-29-25(28)26(21-11-3-1-4-12-21)22-13-5-2-6-14-22/h1-6,8-14,16,27H,7,15,17-18H2. The van der Waals surface area contributed by atoms with Crippen LogP contribution in [0.1, 0.15) is 17.5 Å². The number of carbonyl (C=O) groups excluding carboxylic acids is 1. The summed E-state index contributed by atoms with van der Waals surface area (Å²) in [5.74, 6) is 0.341. The zero-order valence-corrected chi connectivity index (χ0v) is 16.1. The van der Waals surface area contributed by atoms with E-state index < -0.39 is 6.09 Å². The van der Waals surface area contributed by atoms with Crippen LogP contribution in [0.2, 0.25) is 0 Å². The molecule has 0 saturated carbocycles. The van der Waals surface area contributed by atoms with Gasteiger partial charge in [0.1, 0.15) is 12.4 Å². The summed E-state index contributed by atoms with van der Waals surface area (Å²) in [4.78, 5) is 14.6. The van der Waals surface area contributed by atoms with Crippen LogP contribution < -0.4 is 4.90 Å². The molecule has 0 spiro atoms. The average molecular weight is 385 g/mol. The molecule has 3 aromatic rings. The number of para-hydroxylation sites is 2. The minimum atomic E-state index is -0.413. The summed E-state index contributed by atoms with van der Waals surface area (Å²) >= 11 is 0. The molecule has 1 aliphatic carbocycles. The quantitative estimate of drug-likeness (QED) is 0.579. The van der Waals surface area contributed by atoms with Crippen LogP contribution in [0, 0.1) is 0 Å². The van der Waals surface area contributed by atoms with E-state index in [0.717, 1.165) is 40.9 Å². The highest BCUT2D eigenvalue weighted by Crippen LogP contribution is 2.29. The van der Waals surface area contributed by atoms with E-state index in [1.807, 2.05) is 72.8 Å². The number of anilines is 2. The normalized spacial score (nSPS) is 13.0. The highest BCUT2D eigenvalue weighted by atomic mass is 16.6. The van der Waals surface area contributed by atoms with Crippen molar-refractivity contribution in [2.24, 2.45) is 0 Å². The Morgan fingerprint density at radius 3 is 2.21 bits per heavy atom. The summed E-state index contributed by atoms with van der Waals surface area (Å²) in [6, 6.07) is 24.6. The van der Waals surface area contributed by atoms with Gasteiger partial charge in [-0.3, -0.25) is 0 Å². The van der Waals surface area contributed by atoms with Crippen LogP contribution in [-0.2, 0) is 17.6 Å². The maximum absolute atomic E-state index is 13.0. The summed E-state index contributed by atoms with van der Waals surface area (Å²) in [5, 5.41) is 10.1. The molecule has 4 heteroatoms. The molecular formula is C25H23NO3. The molecule has 4 rings (SSSR count). The second kappa shape index (κ2) is 8.65. The van der Waals surface area contributed by atoms with E-state index in [0.29, 0.717) is 12.2 Å². The first-order valence-corrected chi connectivity index (χ1v) is 9.77. The zero-order valence-electron chi connectivity index (χ0n) is 16.1. The SMILES string of the molecule is O=C(OCC1=CCCc2c(O)cccc2C1)N(c1ccccc1)c1ccccc1. The third-order valence-corrected chi connectivity index (χ3v) is 5.09. The van der Waals surface area contributed by atoms with E-state index in [1.54, 1.807) is 11.0 Å². The molecule has 1 N–H and O–H groups in total. The molecule has 146 valence electrons. The predicted molar refractivity (Wildman–Crippen MR) is 115 cm³/mol.